The van der Waals surface area contributed by atoms with Gasteiger partial charge in [0.05, 0.1) is 34.6 Å². The molecule has 9 nitrogen and oxygen atoms in total. The number of amides is 1. The molecular formula is C17H11N5O4. The van der Waals surface area contributed by atoms with Crippen LogP contribution in [0.4, 0.5) is 11.4 Å². The number of fused-ring (bicyclic) bond motifs is 1. The first-order valence-electron chi connectivity index (χ1n) is 7.66. The van der Waals surface area contributed by atoms with Crippen molar-refractivity contribution in [2.45, 2.75) is 6.54 Å². The predicted octanol–water partition coefficient (Wildman–Crippen LogP) is 1.90. The third kappa shape index (κ3) is 2.51. The Morgan fingerprint density at radius 3 is 2.69 bits per heavy atom. The number of nitrogens with zero attached hydrogens (tertiary/aromatic N) is 5. The summed E-state index contributed by atoms with van der Waals surface area (Å²) in [6.07, 6.45) is 1.57. The number of aromatic nitrogens is 3. The highest BCUT2D eigenvalue weighted by Gasteiger charge is 2.35. The topological polar surface area (TPSA) is 111 Å². The molecule has 0 radical (unpaired) electrons. The van der Waals surface area contributed by atoms with Crippen LogP contribution in [0.2, 0.25) is 0 Å². The molecule has 0 saturated heterocycles. The maximum Gasteiger partial charge on any atom is 0.299 e. The molecule has 0 spiro atoms. The first-order valence-corrected chi connectivity index (χ1v) is 7.66. The molecule has 0 aliphatic carbocycles. The van der Waals surface area contributed by atoms with E-state index in [0.29, 0.717) is 22.6 Å². The number of ketones is 1. The van der Waals surface area contributed by atoms with E-state index in [9.17, 15) is 19.7 Å². The minimum atomic E-state index is -0.615. The second-order valence-electron chi connectivity index (χ2n) is 5.67. The summed E-state index contributed by atoms with van der Waals surface area (Å²) >= 11 is 0. The van der Waals surface area contributed by atoms with Crippen molar-refractivity contribution in [3.8, 4) is 5.69 Å². The summed E-state index contributed by atoms with van der Waals surface area (Å²) in [7, 11) is 0. The summed E-state index contributed by atoms with van der Waals surface area (Å²) in [5.41, 5.74) is 1.77. The molecule has 4 rings (SSSR count). The number of non-ortho nitro benzene ring substituents is 1. The number of hydrogen-bond acceptors (Lipinski definition) is 6. The van der Waals surface area contributed by atoms with Crippen LogP contribution in [-0.2, 0) is 11.3 Å². The highest BCUT2D eigenvalue weighted by atomic mass is 16.6. The molecule has 0 bridgehead atoms. The van der Waals surface area contributed by atoms with Crippen molar-refractivity contribution in [2.24, 2.45) is 0 Å². The van der Waals surface area contributed by atoms with Crippen LogP contribution in [0, 0.1) is 10.1 Å². The number of benzene rings is 2. The molecule has 0 atom stereocenters. The molecule has 1 amide bonds. The van der Waals surface area contributed by atoms with E-state index in [2.05, 4.69) is 10.3 Å². The van der Waals surface area contributed by atoms with Crippen molar-refractivity contribution in [3.63, 3.8) is 0 Å². The van der Waals surface area contributed by atoms with Gasteiger partial charge in [-0.1, -0.05) is 23.4 Å². The third-order valence-corrected chi connectivity index (χ3v) is 4.04. The quantitative estimate of drug-likeness (QED) is 0.404. The molecule has 1 aromatic heterocycles. The Hall–Kier alpha value is -3.88. The summed E-state index contributed by atoms with van der Waals surface area (Å²) in [6.45, 7) is 0.0799. The summed E-state index contributed by atoms with van der Waals surface area (Å²) in [6, 6.07) is 12.7. The molecule has 0 fully saturated rings. The molecular weight excluding hydrogens is 338 g/mol. The van der Waals surface area contributed by atoms with E-state index in [1.54, 1.807) is 42.6 Å². The van der Waals surface area contributed by atoms with Crippen molar-refractivity contribution < 1.29 is 14.5 Å². The Bertz CT molecular complexity index is 1060. The van der Waals surface area contributed by atoms with Gasteiger partial charge in [-0.05, 0) is 18.2 Å². The highest BCUT2D eigenvalue weighted by molar-refractivity contribution is 6.52. The van der Waals surface area contributed by atoms with Crippen LogP contribution in [-0.4, -0.2) is 31.6 Å². The van der Waals surface area contributed by atoms with Crippen molar-refractivity contribution in [1.29, 1.82) is 0 Å². The lowest BCUT2D eigenvalue weighted by molar-refractivity contribution is -0.384. The molecule has 0 N–H and O–H groups in total. The van der Waals surface area contributed by atoms with Gasteiger partial charge >= 0.3 is 0 Å². The highest BCUT2D eigenvalue weighted by Crippen LogP contribution is 2.29. The molecule has 2 heterocycles. The van der Waals surface area contributed by atoms with Gasteiger partial charge in [-0.15, -0.1) is 5.10 Å². The molecule has 26 heavy (non-hydrogen) atoms. The first kappa shape index (κ1) is 15.6. The first-order chi connectivity index (χ1) is 12.5. The number of hydrogen-bond donors (Lipinski definition) is 0. The van der Waals surface area contributed by atoms with E-state index < -0.39 is 16.6 Å². The Balaban J connectivity index is 1.62. The SMILES string of the molecule is O=C1C(=O)N(Cc2cn(-c3cccc([N+](=O)[O-])c3)nn2)c2ccccc21. The number of Topliss-reactive ketones (excluding diaryl/α,β-unsaturated/α-hetero) is 1. The number of nitro benzene ring substituents is 1. The average molecular weight is 349 g/mol. The van der Waals surface area contributed by atoms with Crippen LogP contribution in [0.5, 0.6) is 0 Å². The fraction of sp³-hybridized carbons (Fsp3) is 0.0588. The number of rotatable bonds is 4. The van der Waals surface area contributed by atoms with Crippen LogP contribution in [0.3, 0.4) is 0 Å². The maximum atomic E-state index is 12.2. The Morgan fingerprint density at radius 2 is 1.88 bits per heavy atom. The van der Waals surface area contributed by atoms with Crippen molar-refractivity contribution in [2.75, 3.05) is 4.90 Å². The lowest BCUT2D eigenvalue weighted by Gasteiger charge is -2.14. The van der Waals surface area contributed by atoms with Gasteiger partial charge in [0.2, 0.25) is 0 Å². The summed E-state index contributed by atoms with van der Waals surface area (Å²) in [4.78, 5) is 36.0. The monoisotopic (exact) mass is 349 g/mol. The summed E-state index contributed by atoms with van der Waals surface area (Å²) in [5, 5.41) is 18.8. The number of anilines is 1. The smallest absolute Gasteiger partial charge is 0.299 e. The Kier molecular flexibility index (Phi) is 3.54. The number of carbonyl (C=O) groups is 2. The van der Waals surface area contributed by atoms with Gasteiger partial charge in [0.25, 0.3) is 17.4 Å². The van der Waals surface area contributed by atoms with Crippen molar-refractivity contribution >= 4 is 23.1 Å². The van der Waals surface area contributed by atoms with Gasteiger partial charge in [-0.25, -0.2) is 4.68 Å². The third-order valence-electron chi connectivity index (χ3n) is 4.04. The zero-order valence-electron chi connectivity index (χ0n) is 13.3. The molecule has 0 unspecified atom stereocenters. The van der Waals surface area contributed by atoms with E-state index in [0.717, 1.165) is 0 Å². The molecule has 1 aliphatic rings. The molecule has 0 saturated carbocycles. The van der Waals surface area contributed by atoms with E-state index >= 15 is 0 Å². The minimum Gasteiger partial charge on any atom is -0.299 e. The molecule has 2 aromatic carbocycles. The standard InChI is InChI=1S/C17H11N5O4/c23-16-14-6-1-2-7-15(14)20(17(16)24)9-11-10-21(19-18-11)12-4-3-5-13(8-12)22(25)26/h1-8,10H,9H2. The molecule has 1 aliphatic heterocycles. The van der Waals surface area contributed by atoms with Crippen molar-refractivity contribution in [3.05, 3.63) is 76.1 Å². The largest absolute Gasteiger partial charge is 0.299 e. The normalized spacial score (nSPS) is 13.2. The van der Waals surface area contributed by atoms with Crippen LogP contribution >= 0.6 is 0 Å². The van der Waals surface area contributed by atoms with Crippen LogP contribution in [0.25, 0.3) is 5.69 Å². The second-order valence-corrected chi connectivity index (χ2v) is 5.67. The average Bonchev–Trinajstić information content (AvgIpc) is 3.22. The fourth-order valence-corrected chi connectivity index (χ4v) is 2.81. The van der Waals surface area contributed by atoms with E-state index in [4.69, 9.17) is 0 Å². The van der Waals surface area contributed by atoms with Crippen LogP contribution in [0.1, 0.15) is 16.1 Å². The Labute approximate surface area is 146 Å². The minimum absolute atomic E-state index is 0.0613. The van der Waals surface area contributed by atoms with Gasteiger partial charge in [0, 0.05) is 12.1 Å². The Morgan fingerprint density at radius 1 is 1.08 bits per heavy atom. The second kappa shape index (κ2) is 5.88. The van der Waals surface area contributed by atoms with Crippen LogP contribution < -0.4 is 4.90 Å². The lowest BCUT2D eigenvalue weighted by Crippen LogP contribution is -2.29. The van der Waals surface area contributed by atoms with Gasteiger partial charge in [0.1, 0.15) is 5.69 Å². The van der Waals surface area contributed by atoms with E-state index in [1.807, 2.05) is 0 Å². The van der Waals surface area contributed by atoms with Gasteiger partial charge in [0.15, 0.2) is 0 Å². The van der Waals surface area contributed by atoms with Gasteiger partial charge in [-0.3, -0.25) is 24.6 Å². The summed E-state index contributed by atoms with van der Waals surface area (Å²) in [5.74, 6) is -1.16. The zero-order chi connectivity index (χ0) is 18.3. The van der Waals surface area contributed by atoms with Gasteiger partial charge in [-0.2, -0.15) is 0 Å². The zero-order valence-corrected chi connectivity index (χ0v) is 13.3. The fourth-order valence-electron chi connectivity index (χ4n) is 2.81. The number of carbonyl (C=O) groups excluding carboxylic acids is 2. The number of para-hydroxylation sites is 1. The van der Waals surface area contributed by atoms with E-state index in [-0.39, 0.29) is 12.2 Å². The predicted molar refractivity (Wildman–Crippen MR) is 90.0 cm³/mol. The van der Waals surface area contributed by atoms with Crippen molar-refractivity contribution in [1.82, 2.24) is 15.0 Å². The maximum absolute atomic E-state index is 12.2. The number of nitro groups is 1. The van der Waals surface area contributed by atoms with Gasteiger partial charge < -0.3 is 0 Å². The molecule has 128 valence electrons. The summed E-state index contributed by atoms with van der Waals surface area (Å²) < 4.78 is 1.39. The lowest BCUT2D eigenvalue weighted by atomic mass is 10.1. The van der Waals surface area contributed by atoms with Crippen LogP contribution in [0.15, 0.2) is 54.7 Å². The molecule has 9 heteroatoms. The van der Waals surface area contributed by atoms with E-state index in [1.165, 1.54) is 21.7 Å². The molecule has 3 aromatic rings.